The van der Waals surface area contributed by atoms with E-state index in [-0.39, 0.29) is 0 Å². The predicted octanol–water partition coefficient (Wildman–Crippen LogP) is 3.26. The molecule has 0 bridgehead atoms. The van der Waals surface area contributed by atoms with Gasteiger partial charge in [0.1, 0.15) is 5.82 Å². The van der Waals surface area contributed by atoms with Crippen LogP contribution in [0.2, 0.25) is 0 Å². The maximum Gasteiger partial charge on any atom is 0.129 e. The summed E-state index contributed by atoms with van der Waals surface area (Å²) >= 11 is 0. The second-order valence-electron chi connectivity index (χ2n) is 5.53. The SMILES string of the molecule is CCCc1cc(CN)cc(N2CCCCCCC2)n1. The third-order valence-electron chi connectivity index (χ3n) is 3.85. The van der Waals surface area contributed by atoms with E-state index in [9.17, 15) is 0 Å². The van der Waals surface area contributed by atoms with Gasteiger partial charge in [-0.1, -0.05) is 32.6 Å². The van der Waals surface area contributed by atoms with Crippen molar-refractivity contribution >= 4 is 5.82 Å². The first-order valence-electron chi connectivity index (χ1n) is 7.78. The van der Waals surface area contributed by atoms with Gasteiger partial charge in [0, 0.05) is 25.3 Å². The van der Waals surface area contributed by atoms with Crippen molar-refractivity contribution in [2.24, 2.45) is 5.73 Å². The average Bonchev–Trinajstić information content (AvgIpc) is 2.38. The molecule has 106 valence electrons. The number of pyridine rings is 1. The zero-order chi connectivity index (χ0) is 13.5. The summed E-state index contributed by atoms with van der Waals surface area (Å²) in [5.41, 5.74) is 8.24. The molecule has 1 fully saturated rings. The zero-order valence-electron chi connectivity index (χ0n) is 12.2. The number of aryl methyl sites for hydroxylation is 1. The molecule has 0 radical (unpaired) electrons. The van der Waals surface area contributed by atoms with Crippen molar-refractivity contribution in [1.82, 2.24) is 4.98 Å². The lowest BCUT2D eigenvalue weighted by molar-refractivity contribution is 0.553. The molecule has 0 unspecified atom stereocenters. The van der Waals surface area contributed by atoms with Gasteiger partial charge in [-0.05, 0) is 37.0 Å². The number of rotatable bonds is 4. The highest BCUT2D eigenvalue weighted by Gasteiger charge is 2.12. The monoisotopic (exact) mass is 261 g/mol. The highest BCUT2D eigenvalue weighted by atomic mass is 15.2. The maximum absolute atomic E-state index is 5.82. The standard InChI is InChI=1S/C16H27N3/c1-2-8-15-11-14(13-17)12-16(18-15)19-9-6-4-3-5-7-10-19/h11-12H,2-10,13,17H2,1H3. The first-order valence-corrected chi connectivity index (χ1v) is 7.78. The minimum atomic E-state index is 0.611. The second-order valence-corrected chi connectivity index (χ2v) is 5.53. The van der Waals surface area contributed by atoms with Gasteiger partial charge in [-0.3, -0.25) is 0 Å². The lowest BCUT2D eigenvalue weighted by Crippen LogP contribution is -2.28. The molecule has 0 aromatic carbocycles. The highest BCUT2D eigenvalue weighted by molar-refractivity contribution is 5.43. The van der Waals surface area contributed by atoms with Crippen LogP contribution in [0.1, 0.15) is 56.7 Å². The third kappa shape index (κ3) is 4.20. The van der Waals surface area contributed by atoms with Crippen LogP contribution in [-0.2, 0) is 13.0 Å². The van der Waals surface area contributed by atoms with Crippen molar-refractivity contribution in [3.8, 4) is 0 Å². The molecule has 1 aliphatic rings. The molecule has 2 heterocycles. The number of aromatic nitrogens is 1. The van der Waals surface area contributed by atoms with Crippen molar-refractivity contribution in [2.45, 2.75) is 58.4 Å². The van der Waals surface area contributed by atoms with Gasteiger partial charge in [-0.2, -0.15) is 0 Å². The molecular formula is C16H27N3. The van der Waals surface area contributed by atoms with E-state index in [2.05, 4.69) is 24.0 Å². The second kappa shape index (κ2) is 7.49. The van der Waals surface area contributed by atoms with Crippen LogP contribution in [-0.4, -0.2) is 18.1 Å². The van der Waals surface area contributed by atoms with E-state index < -0.39 is 0 Å². The fraction of sp³-hybridized carbons (Fsp3) is 0.688. The lowest BCUT2D eigenvalue weighted by atomic mass is 10.1. The Labute approximate surface area is 117 Å². The average molecular weight is 261 g/mol. The van der Waals surface area contributed by atoms with Crippen LogP contribution in [0.3, 0.4) is 0 Å². The molecular weight excluding hydrogens is 234 g/mol. The molecule has 2 N–H and O–H groups in total. The molecule has 0 saturated carbocycles. The Morgan fingerprint density at radius 3 is 2.42 bits per heavy atom. The molecule has 0 amide bonds. The lowest BCUT2D eigenvalue weighted by Gasteiger charge is -2.26. The van der Waals surface area contributed by atoms with E-state index >= 15 is 0 Å². The largest absolute Gasteiger partial charge is 0.357 e. The normalized spacial score (nSPS) is 17.1. The summed E-state index contributed by atoms with van der Waals surface area (Å²) in [6, 6.07) is 4.35. The summed E-state index contributed by atoms with van der Waals surface area (Å²) in [5, 5.41) is 0. The Hall–Kier alpha value is -1.09. The van der Waals surface area contributed by atoms with Crippen LogP contribution in [0.15, 0.2) is 12.1 Å². The Kier molecular flexibility index (Phi) is 5.64. The molecule has 3 heteroatoms. The van der Waals surface area contributed by atoms with Gasteiger partial charge in [0.05, 0.1) is 0 Å². The topological polar surface area (TPSA) is 42.1 Å². The van der Waals surface area contributed by atoms with E-state index in [0.29, 0.717) is 6.54 Å². The molecule has 19 heavy (non-hydrogen) atoms. The van der Waals surface area contributed by atoms with Crippen LogP contribution < -0.4 is 10.6 Å². The fourth-order valence-corrected chi connectivity index (χ4v) is 2.77. The van der Waals surface area contributed by atoms with E-state index in [1.165, 1.54) is 43.4 Å². The van der Waals surface area contributed by atoms with E-state index in [1.54, 1.807) is 0 Å². The summed E-state index contributed by atoms with van der Waals surface area (Å²) in [7, 11) is 0. The number of nitrogens with zero attached hydrogens (tertiary/aromatic N) is 2. The van der Waals surface area contributed by atoms with Gasteiger partial charge in [-0.25, -0.2) is 4.98 Å². The molecule has 3 nitrogen and oxygen atoms in total. The molecule has 0 atom stereocenters. The van der Waals surface area contributed by atoms with Crippen LogP contribution in [0.25, 0.3) is 0 Å². The van der Waals surface area contributed by atoms with Crippen LogP contribution in [0.4, 0.5) is 5.82 Å². The van der Waals surface area contributed by atoms with Gasteiger partial charge in [-0.15, -0.1) is 0 Å². The Balaban J connectivity index is 2.17. The number of nitrogens with two attached hydrogens (primary N) is 1. The van der Waals surface area contributed by atoms with Crippen LogP contribution in [0, 0.1) is 0 Å². The van der Waals surface area contributed by atoms with Crippen LogP contribution >= 0.6 is 0 Å². The molecule has 0 spiro atoms. The Bertz CT molecular complexity index is 382. The van der Waals surface area contributed by atoms with Crippen molar-refractivity contribution in [1.29, 1.82) is 0 Å². The fourth-order valence-electron chi connectivity index (χ4n) is 2.77. The smallest absolute Gasteiger partial charge is 0.129 e. The minimum absolute atomic E-state index is 0.611. The van der Waals surface area contributed by atoms with Crippen molar-refractivity contribution in [3.63, 3.8) is 0 Å². The van der Waals surface area contributed by atoms with Gasteiger partial charge < -0.3 is 10.6 Å². The molecule has 0 aliphatic carbocycles. The summed E-state index contributed by atoms with van der Waals surface area (Å²) < 4.78 is 0. The molecule has 1 aliphatic heterocycles. The molecule has 1 aromatic rings. The third-order valence-corrected chi connectivity index (χ3v) is 3.85. The van der Waals surface area contributed by atoms with Gasteiger partial charge in [0.15, 0.2) is 0 Å². The molecule has 2 rings (SSSR count). The summed E-state index contributed by atoms with van der Waals surface area (Å²) in [5.74, 6) is 1.15. The molecule has 1 saturated heterocycles. The first kappa shape index (κ1) is 14.3. The van der Waals surface area contributed by atoms with Gasteiger partial charge >= 0.3 is 0 Å². The first-order chi connectivity index (χ1) is 9.33. The Morgan fingerprint density at radius 2 is 1.79 bits per heavy atom. The minimum Gasteiger partial charge on any atom is -0.357 e. The number of hydrogen-bond acceptors (Lipinski definition) is 3. The summed E-state index contributed by atoms with van der Waals surface area (Å²) in [4.78, 5) is 7.29. The number of hydrogen-bond donors (Lipinski definition) is 1. The van der Waals surface area contributed by atoms with Crippen molar-refractivity contribution in [3.05, 3.63) is 23.4 Å². The van der Waals surface area contributed by atoms with Gasteiger partial charge in [0.25, 0.3) is 0 Å². The van der Waals surface area contributed by atoms with E-state index in [1.807, 2.05) is 0 Å². The highest BCUT2D eigenvalue weighted by Crippen LogP contribution is 2.20. The van der Waals surface area contributed by atoms with Gasteiger partial charge in [0.2, 0.25) is 0 Å². The zero-order valence-corrected chi connectivity index (χ0v) is 12.2. The van der Waals surface area contributed by atoms with Crippen molar-refractivity contribution < 1.29 is 0 Å². The molecule has 1 aromatic heterocycles. The predicted molar refractivity (Wildman–Crippen MR) is 81.4 cm³/mol. The quantitative estimate of drug-likeness (QED) is 0.904. The van der Waals surface area contributed by atoms with E-state index in [0.717, 1.165) is 31.7 Å². The van der Waals surface area contributed by atoms with E-state index in [4.69, 9.17) is 10.7 Å². The Morgan fingerprint density at radius 1 is 1.11 bits per heavy atom. The van der Waals surface area contributed by atoms with Crippen molar-refractivity contribution in [2.75, 3.05) is 18.0 Å². The summed E-state index contributed by atoms with van der Waals surface area (Å²) in [6.45, 7) is 5.10. The maximum atomic E-state index is 5.82. The van der Waals surface area contributed by atoms with Crippen LogP contribution in [0.5, 0.6) is 0 Å². The summed E-state index contributed by atoms with van der Waals surface area (Å²) in [6.07, 6.45) is 8.87. The number of anilines is 1.